The van der Waals surface area contributed by atoms with Crippen molar-refractivity contribution in [3.63, 3.8) is 0 Å². The molecule has 71 heavy (non-hydrogen) atoms. The fraction of sp³-hybridized carbons (Fsp3) is 0.774. The van der Waals surface area contributed by atoms with E-state index in [2.05, 4.69) is 64.1 Å². The van der Waals surface area contributed by atoms with E-state index in [1.54, 1.807) is 0 Å². The second-order valence-electron chi connectivity index (χ2n) is 20.8. The molecule has 2 aromatic rings. The van der Waals surface area contributed by atoms with Gasteiger partial charge in [0.2, 0.25) is 0 Å². The molecule has 0 aliphatic heterocycles. The molecule has 2 aromatic carbocycles. The minimum atomic E-state index is 0. The summed E-state index contributed by atoms with van der Waals surface area (Å²) in [5.74, 6) is 0. The molecule has 0 bridgehead atoms. The third kappa shape index (κ3) is 38.5. The van der Waals surface area contributed by atoms with Gasteiger partial charge in [0.1, 0.15) is 11.4 Å². The van der Waals surface area contributed by atoms with Crippen LogP contribution in [0.1, 0.15) is 307 Å². The molecule has 0 aliphatic carbocycles. The summed E-state index contributed by atoms with van der Waals surface area (Å²) in [6.45, 7) is 9.15. The molecule has 0 radical (unpaired) electrons. The summed E-state index contributed by atoms with van der Waals surface area (Å²) in [4.78, 5) is 0. The van der Waals surface area contributed by atoms with Crippen LogP contribution in [0.2, 0.25) is 0 Å². The zero-order chi connectivity index (χ0) is 51.1. The first-order valence-corrected chi connectivity index (χ1v) is 32.4. The first-order valence-electron chi connectivity index (χ1n) is 30.0. The first-order chi connectivity index (χ1) is 34.2. The van der Waals surface area contributed by atoms with Crippen LogP contribution in [0.3, 0.4) is 0 Å². The van der Waals surface area contributed by atoms with Crippen molar-refractivity contribution in [3.8, 4) is 0 Å². The molecule has 0 heterocycles. The topological polar surface area (TPSA) is 8.88 Å². The molecule has 2 unspecified atom stereocenters. The third-order valence-electron chi connectivity index (χ3n) is 14.6. The van der Waals surface area contributed by atoms with Gasteiger partial charge in [0.25, 0.3) is 0 Å². The van der Waals surface area contributed by atoms with Crippen LogP contribution in [0, 0.1) is 0 Å². The van der Waals surface area contributed by atoms with Crippen molar-refractivity contribution in [3.05, 3.63) is 58.7 Å². The second kappa shape index (κ2) is 52.4. The van der Waals surface area contributed by atoms with Crippen molar-refractivity contribution in [1.29, 1.82) is 0 Å². The molecule has 0 fully saturated rings. The molecular weight excluding hydrogens is 1030 g/mol. The zero-order valence-corrected chi connectivity index (χ0v) is 54.6. The van der Waals surface area contributed by atoms with E-state index >= 15 is 0 Å². The standard InChI is InChI=1S/2C31H55NS3.Zn/c2*1-3-5-7-9-11-13-15-17-19-21-24-28-25-23-27-30(32(35)31(33)34)29(28)26-22-20-18-16-14-12-10-8-6-4-2;/h2*23,25,27,32H,3-22,24,26H2,1-2H3,(H,33,34);/q;;+2/p-2. The number of thiocarbonyl (C=S) groups is 2. The maximum absolute atomic E-state index is 5.65. The maximum Gasteiger partial charge on any atom is 2.00 e. The average molecular weight is 1140 g/mol. The van der Waals surface area contributed by atoms with Crippen molar-refractivity contribution in [2.24, 2.45) is 0 Å². The molecule has 404 valence electrons. The molecule has 0 saturated heterocycles. The molecule has 0 amide bonds. The van der Waals surface area contributed by atoms with Gasteiger partial charge < -0.3 is 83.9 Å². The Balaban J connectivity index is 0.00000136. The van der Waals surface area contributed by atoms with E-state index in [9.17, 15) is 0 Å². The van der Waals surface area contributed by atoms with Gasteiger partial charge in [-0.2, -0.15) is 0 Å². The summed E-state index contributed by atoms with van der Waals surface area (Å²) in [6, 6.07) is 13.2. The van der Waals surface area contributed by atoms with Crippen molar-refractivity contribution >= 4 is 95.3 Å². The zero-order valence-electron chi connectivity index (χ0n) is 46.7. The fourth-order valence-electron chi connectivity index (χ4n) is 10.2. The minimum Gasteiger partial charge on any atom is -0.485 e. The SMILES string of the molecule is CCCCCCCCCCCCc1cccc([NH+]([S-])C(=S)[S-])c1CCCCCCCCCCCC.CCCCCCCCCCCCc1cccc([NH+]([S-])C(=S)[S-])c1CCCCCCCCCCCC.[Zn+2]. The molecule has 0 aromatic heterocycles. The molecule has 9 heteroatoms. The van der Waals surface area contributed by atoms with Crippen molar-refractivity contribution in [2.45, 2.75) is 310 Å². The predicted molar refractivity (Wildman–Crippen MR) is 331 cm³/mol. The first kappa shape index (κ1) is 71.3. The maximum atomic E-state index is 5.65. The normalized spacial score (nSPS) is 12.0. The van der Waals surface area contributed by atoms with E-state index in [0.717, 1.165) is 37.1 Å². The van der Waals surface area contributed by atoms with E-state index in [-0.39, 0.29) is 19.5 Å². The Bertz CT molecular complexity index is 1410. The summed E-state index contributed by atoms with van der Waals surface area (Å²) < 4.78 is 2.31. The molecule has 2 nitrogen and oxygen atoms in total. The van der Waals surface area contributed by atoms with Gasteiger partial charge in [0.05, 0.1) is 0 Å². The summed E-state index contributed by atoms with van der Waals surface area (Å²) in [5.41, 5.74) is 8.10. The van der Waals surface area contributed by atoms with Crippen LogP contribution in [0.25, 0.3) is 0 Å². The number of hydrogen-bond donors (Lipinski definition) is 2. The largest absolute Gasteiger partial charge is 2.00 e. The Morgan fingerprint density at radius 3 is 0.732 bits per heavy atom. The van der Waals surface area contributed by atoms with Crippen LogP contribution >= 0.6 is 24.4 Å². The molecule has 2 N–H and O–H groups in total. The van der Waals surface area contributed by atoms with Crippen LogP contribution in [-0.2, 0) is 96.0 Å². The van der Waals surface area contributed by atoms with Gasteiger partial charge in [0.15, 0.2) is 0 Å². The Hall–Kier alpha value is 0.303. The Labute approximate surface area is 488 Å². The summed E-state index contributed by atoms with van der Waals surface area (Å²) in [6.07, 6.45) is 59.5. The predicted octanol–water partition coefficient (Wildman–Crippen LogP) is 18.8. The number of rotatable bonds is 46. The van der Waals surface area contributed by atoms with Gasteiger partial charge in [-0.05, 0) is 74.6 Å². The number of benzene rings is 2. The Morgan fingerprint density at radius 2 is 0.521 bits per heavy atom. The summed E-state index contributed by atoms with van der Waals surface area (Å²) >= 11 is 32.4. The Morgan fingerprint density at radius 1 is 0.324 bits per heavy atom. The van der Waals surface area contributed by atoms with Gasteiger partial charge >= 0.3 is 19.5 Å². The number of hydrogen-bond acceptors (Lipinski definition) is 6. The van der Waals surface area contributed by atoms with Gasteiger partial charge in [-0.3, -0.25) is 0 Å². The van der Waals surface area contributed by atoms with Gasteiger partial charge in [-0.1, -0.05) is 283 Å². The second-order valence-corrected chi connectivity index (χ2v) is 23.8. The van der Waals surface area contributed by atoms with Crippen LogP contribution in [-0.4, -0.2) is 8.64 Å². The molecule has 0 aliphatic rings. The fourth-order valence-corrected chi connectivity index (χ4v) is 11.0. The van der Waals surface area contributed by atoms with Crippen LogP contribution < -0.4 is 8.61 Å². The smallest absolute Gasteiger partial charge is 0.485 e. The molecular formula is C62H108N2S6Zn. The number of quaternary nitrogens is 2. The van der Waals surface area contributed by atoms with Crippen LogP contribution in [0.15, 0.2) is 36.4 Å². The quantitative estimate of drug-likeness (QED) is 0.0294. The number of unbranched alkanes of at least 4 members (excludes halogenated alkanes) is 36. The van der Waals surface area contributed by atoms with Crippen molar-refractivity contribution in [1.82, 2.24) is 0 Å². The van der Waals surface area contributed by atoms with Gasteiger partial charge in [-0.25, -0.2) is 0 Å². The molecule has 0 saturated carbocycles. The van der Waals surface area contributed by atoms with Crippen molar-refractivity contribution in [2.75, 3.05) is 0 Å². The Kier molecular flexibility index (Phi) is 52.6. The minimum absolute atomic E-state index is 0. The van der Waals surface area contributed by atoms with Gasteiger partial charge in [-0.15, -0.1) is 0 Å². The average Bonchev–Trinajstić information content (AvgIpc) is 3.36. The van der Waals surface area contributed by atoms with E-state index in [1.165, 1.54) is 279 Å². The van der Waals surface area contributed by atoms with E-state index in [1.807, 2.05) is 0 Å². The van der Waals surface area contributed by atoms with E-state index in [0.29, 0.717) is 17.3 Å². The molecule has 2 rings (SSSR count). The van der Waals surface area contributed by atoms with Crippen molar-refractivity contribution < 1.29 is 28.1 Å². The summed E-state index contributed by atoms with van der Waals surface area (Å²) in [5, 5.41) is 0. The van der Waals surface area contributed by atoms with Crippen LogP contribution in [0.4, 0.5) is 11.4 Å². The van der Waals surface area contributed by atoms with Crippen LogP contribution in [0.5, 0.6) is 0 Å². The third-order valence-corrected chi connectivity index (χ3v) is 16.7. The van der Waals surface area contributed by atoms with E-state index in [4.69, 9.17) is 75.3 Å². The summed E-state index contributed by atoms with van der Waals surface area (Å²) in [7, 11) is 0. The number of aryl methyl sites for hydroxylation is 2. The van der Waals surface area contributed by atoms with Gasteiger partial charge in [0, 0.05) is 19.8 Å². The number of nitrogens with one attached hydrogen (secondary N) is 2. The molecule has 0 spiro atoms. The molecule has 2 atom stereocenters. The van der Waals surface area contributed by atoms with E-state index < -0.39 is 0 Å². The monoisotopic (exact) mass is 1140 g/mol.